The summed E-state index contributed by atoms with van der Waals surface area (Å²) in [6.07, 6.45) is 1.52. The Labute approximate surface area is 141 Å². The molecule has 0 saturated carbocycles. The van der Waals surface area contributed by atoms with E-state index >= 15 is 0 Å². The van der Waals surface area contributed by atoms with Crippen LogP contribution in [-0.4, -0.2) is 32.9 Å². The highest BCUT2D eigenvalue weighted by Crippen LogP contribution is 2.26. The third kappa shape index (κ3) is 5.01. The van der Waals surface area contributed by atoms with E-state index in [0.29, 0.717) is 17.2 Å². The molecule has 1 amide bonds. The first-order valence-electron chi connectivity index (χ1n) is 7.36. The maximum absolute atomic E-state index is 11.7. The predicted octanol–water partition coefficient (Wildman–Crippen LogP) is 2.54. The van der Waals surface area contributed by atoms with Crippen molar-refractivity contribution in [3.63, 3.8) is 0 Å². The zero-order valence-corrected chi connectivity index (χ0v) is 13.9. The minimum atomic E-state index is -0.340. The van der Waals surface area contributed by atoms with Crippen LogP contribution in [0.25, 0.3) is 0 Å². The molecule has 0 fully saturated rings. The van der Waals surface area contributed by atoms with Crippen LogP contribution in [-0.2, 0) is 4.79 Å². The molecule has 6 nitrogen and oxygen atoms in total. The van der Waals surface area contributed by atoms with Crippen LogP contribution >= 0.6 is 0 Å². The molecule has 2 rings (SSSR count). The number of hydrazone groups is 1. The smallest absolute Gasteiger partial charge is 0.277 e. The zero-order valence-electron chi connectivity index (χ0n) is 13.9. The van der Waals surface area contributed by atoms with Gasteiger partial charge in [0.15, 0.2) is 18.1 Å². The van der Waals surface area contributed by atoms with Gasteiger partial charge in [-0.15, -0.1) is 0 Å². The number of carbonyl (C=O) groups is 1. The number of carbonyl (C=O) groups excluding carboxylic acids is 1. The Hall–Kier alpha value is -3.02. The Bertz CT molecular complexity index is 711. The molecule has 0 spiro atoms. The van der Waals surface area contributed by atoms with Gasteiger partial charge in [0.05, 0.1) is 20.4 Å². The molecule has 0 radical (unpaired) electrons. The van der Waals surface area contributed by atoms with E-state index in [1.807, 2.05) is 31.2 Å². The Morgan fingerprint density at radius 1 is 1.08 bits per heavy atom. The van der Waals surface area contributed by atoms with Gasteiger partial charge in [-0.1, -0.05) is 17.7 Å². The van der Waals surface area contributed by atoms with Crippen LogP contribution in [0.3, 0.4) is 0 Å². The van der Waals surface area contributed by atoms with Gasteiger partial charge >= 0.3 is 0 Å². The average molecular weight is 328 g/mol. The lowest BCUT2D eigenvalue weighted by molar-refractivity contribution is -0.123. The fraction of sp³-hybridized carbons (Fsp3) is 0.222. The lowest BCUT2D eigenvalue weighted by atomic mass is 10.2. The summed E-state index contributed by atoms with van der Waals surface area (Å²) in [6, 6.07) is 12.8. The van der Waals surface area contributed by atoms with Crippen LogP contribution in [0.1, 0.15) is 11.1 Å². The lowest BCUT2D eigenvalue weighted by Gasteiger charge is -2.07. The summed E-state index contributed by atoms with van der Waals surface area (Å²) in [4.78, 5) is 11.7. The number of amides is 1. The summed E-state index contributed by atoms with van der Waals surface area (Å²) in [5.41, 5.74) is 4.31. The van der Waals surface area contributed by atoms with Crippen molar-refractivity contribution in [1.82, 2.24) is 5.43 Å². The molecule has 0 atom stereocenters. The quantitative estimate of drug-likeness (QED) is 0.626. The van der Waals surface area contributed by atoms with Crippen molar-refractivity contribution >= 4 is 12.1 Å². The number of benzene rings is 2. The zero-order chi connectivity index (χ0) is 17.4. The van der Waals surface area contributed by atoms with Gasteiger partial charge in [0.25, 0.3) is 5.91 Å². The summed E-state index contributed by atoms with van der Waals surface area (Å²) < 4.78 is 15.7. The fourth-order valence-electron chi connectivity index (χ4n) is 1.93. The van der Waals surface area contributed by atoms with Crippen LogP contribution in [0.2, 0.25) is 0 Å². The molecular formula is C18H20N2O4. The second-order valence-electron chi connectivity index (χ2n) is 5.01. The average Bonchev–Trinajstić information content (AvgIpc) is 2.61. The molecule has 6 heteroatoms. The highest BCUT2D eigenvalue weighted by molar-refractivity contribution is 5.83. The molecule has 0 saturated heterocycles. The monoisotopic (exact) mass is 328 g/mol. The molecule has 0 aliphatic rings. The molecule has 0 aliphatic heterocycles. The molecule has 2 aromatic carbocycles. The van der Waals surface area contributed by atoms with Gasteiger partial charge in [0.1, 0.15) is 5.75 Å². The van der Waals surface area contributed by atoms with E-state index in [4.69, 9.17) is 14.2 Å². The number of methoxy groups -OCH3 is 2. The van der Waals surface area contributed by atoms with Gasteiger partial charge in [0.2, 0.25) is 0 Å². The SMILES string of the molecule is COc1ccc(/C=N\NC(=O)COc2ccc(C)cc2)cc1OC. The van der Waals surface area contributed by atoms with E-state index in [9.17, 15) is 4.79 Å². The molecule has 126 valence electrons. The second-order valence-corrected chi connectivity index (χ2v) is 5.01. The number of nitrogens with one attached hydrogen (secondary N) is 1. The van der Waals surface area contributed by atoms with Gasteiger partial charge in [-0.25, -0.2) is 5.43 Å². The van der Waals surface area contributed by atoms with Crippen LogP contribution in [0.15, 0.2) is 47.6 Å². The van der Waals surface area contributed by atoms with Crippen molar-refractivity contribution in [2.75, 3.05) is 20.8 Å². The van der Waals surface area contributed by atoms with E-state index in [1.165, 1.54) is 6.21 Å². The van der Waals surface area contributed by atoms with Crippen molar-refractivity contribution in [2.45, 2.75) is 6.92 Å². The molecule has 0 aromatic heterocycles. The van der Waals surface area contributed by atoms with Gasteiger partial charge < -0.3 is 14.2 Å². The highest BCUT2D eigenvalue weighted by atomic mass is 16.5. The van der Waals surface area contributed by atoms with E-state index in [-0.39, 0.29) is 12.5 Å². The van der Waals surface area contributed by atoms with Crippen LogP contribution < -0.4 is 19.6 Å². The third-order valence-electron chi connectivity index (χ3n) is 3.20. The molecule has 0 heterocycles. The number of hydrogen-bond acceptors (Lipinski definition) is 5. The summed E-state index contributed by atoms with van der Waals surface area (Å²) in [5, 5.41) is 3.90. The Balaban J connectivity index is 1.84. The van der Waals surface area contributed by atoms with E-state index in [0.717, 1.165) is 11.1 Å². The first kappa shape index (κ1) is 17.3. The van der Waals surface area contributed by atoms with Crippen LogP contribution in [0, 0.1) is 6.92 Å². The molecule has 1 N–H and O–H groups in total. The topological polar surface area (TPSA) is 69.2 Å². The first-order chi connectivity index (χ1) is 11.6. The van der Waals surface area contributed by atoms with E-state index < -0.39 is 0 Å². The largest absolute Gasteiger partial charge is 0.493 e. The van der Waals surface area contributed by atoms with Gasteiger partial charge in [-0.2, -0.15) is 5.10 Å². The van der Waals surface area contributed by atoms with Crippen LogP contribution in [0.5, 0.6) is 17.2 Å². The second kappa shape index (κ2) is 8.57. The minimum Gasteiger partial charge on any atom is -0.493 e. The first-order valence-corrected chi connectivity index (χ1v) is 7.36. The number of aryl methyl sites for hydroxylation is 1. The number of ether oxygens (including phenoxy) is 3. The number of nitrogens with zero attached hydrogens (tertiary/aromatic N) is 1. The van der Waals surface area contributed by atoms with Gasteiger partial charge in [-0.3, -0.25) is 4.79 Å². The number of rotatable bonds is 7. The Morgan fingerprint density at radius 3 is 2.46 bits per heavy atom. The van der Waals surface area contributed by atoms with E-state index in [1.54, 1.807) is 32.4 Å². The maximum atomic E-state index is 11.7. The molecule has 0 aliphatic carbocycles. The summed E-state index contributed by atoms with van der Waals surface area (Å²) in [7, 11) is 3.13. The van der Waals surface area contributed by atoms with Crippen molar-refractivity contribution in [1.29, 1.82) is 0 Å². The molecule has 2 aromatic rings. The molecule has 24 heavy (non-hydrogen) atoms. The van der Waals surface area contributed by atoms with Gasteiger partial charge in [-0.05, 0) is 42.8 Å². The maximum Gasteiger partial charge on any atom is 0.277 e. The molecule has 0 unspecified atom stereocenters. The standard InChI is InChI=1S/C18H20N2O4/c1-13-4-7-15(8-5-13)24-12-18(21)20-19-11-14-6-9-16(22-2)17(10-14)23-3/h4-11H,12H2,1-3H3,(H,20,21)/b19-11-. The van der Waals surface area contributed by atoms with Gasteiger partial charge in [0, 0.05) is 0 Å². The summed E-state index contributed by atoms with van der Waals surface area (Å²) in [5.74, 6) is 1.52. The van der Waals surface area contributed by atoms with Crippen molar-refractivity contribution in [3.8, 4) is 17.2 Å². The normalized spacial score (nSPS) is 10.5. The Kier molecular flexibility index (Phi) is 6.19. The number of hydrogen-bond donors (Lipinski definition) is 1. The van der Waals surface area contributed by atoms with Crippen molar-refractivity contribution < 1.29 is 19.0 Å². The highest BCUT2D eigenvalue weighted by Gasteiger charge is 2.04. The van der Waals surface area contributed by atoms with E-state index in [2.05, 4.69) is 10.5 Å². The lowest BCUT2D eigenvalue weighted by Crippen LogP contribution is -2.24. The summed E-state index contributed by atoms with van der Waals surface area (Å²) in [6.45, 7) is 1.88. The van der Waals surface area contributed by atoms with Crippen molar-refractivity contribution in [3.05, 3.63) is 53.6 Å². The minimum absolute atomic E-state index is 0.105. The molecular weight excluding hydrogens is 308 g/mol. The fourth-order valence-corrected chi connectivity index (χ4v) is 1.93. The van der Waals surface area contributed by atoms with Crippen LogP contribution in [0.4, 0.5) is 0 Å². The summed E-state index contributed by atoms with van der Waals surface area (Å²) >= 11 is 0. The predicted molar refractivity (Wildman–Crippen MR) is 92.0 cm³/mol. The Morgan fingerprint density at radius 2 is 1.79 bits per heavy atom. The molecule has 0 bridgehead atoms. The third-order valence-corrected chi connectivity index (χ3v) is 3.20. The van der Waals surface area contributed by atoms with Crippen molar-refractivity contribution in [2.24, 2.45) is 5.10 Å².